The van der Waals surface area contributed by atoms with Crippen LogP contribution in [0.3, 0.4) is 0 Å². The third-order valence-corrected chi connectivity index (χ3v) is 4.35. The minimum atomic E-state index is -2.04. The first-order valence-corrected chi connectivity index (χ1v) is 11.4. The van der Waals surface area contributed by atoms with E-state index in [0.29, 0.717) is 0 Å². The predicted octanol–water partition coefficient (Wildman–Crippen LogP) is 0.976. The van der Waals surface area contributed by atoms with Gasteiger partial charge in [0, 0.05) is 5.92 Å². The van der Waals surface area contributed by atoms with Crippen LogP contribution in [0.15, 0.2) is 0 Å². The van der Waals surface area contributed by atoms with Crippen LogP contribution in [0.4, 0.5) is 0 Å². The van der Waals surface area contributed by atoms with Gasteiger partial charge in [-0.25, -0.2) is 4.79 Å². The summed E-state index contributed by atoms with van der Waals surface area (Å²) in [6, 6.07) is 1.34. The van der Waals surface area contributed by atoms with Crippen LogP contribution in [-0.2, 0) is 28.3 Å². The summed E-state index contributed by atoms with van der Waals surface area (Å²) in [4.78, 5) is 35.7. The highest BCUT2D eigenvalue weighted by molar-refractivity contribution is 6.69. The molecule has 0 saturated heterocycles. The van der Waals surface area contributed by atoms with Crippen LogP contribution >= 0.6 is 0 Å². The van der Waals surface area contributed by atoms with Crippen molar-refractivity contribution >= 4 is 26.2 Å². The molecule has 1 amide bonds. The second-order valence-corrected chi connectivity index (χ2v) is 12.4. The average molecular weight is 370 g/mol. The number of hydrogen-bond acceptors (Lipinski definition) is 7. The lowest BCUT2D eigenvalue weighted by molar-refractivity contribution is -0.163. The van der Waals surface area contributed by atoms with E-state index in [1.807, 2.05) is 25.7 Å². The van der Waals surface area contributed by atoms with Gasteiger partial charge >= 0.3 is 17.8 Å². The highest BCUT2D eigenvalue weighted by atomic mass is 28.4. The van der Waals surface area contributed by atoms with Crippen LogP contribution in [-0.4, -0.2) is 51.0 Å². The fraction of sp³-hybridized carbons (Fsp3) is 0.750. The third kappa shape index (κ3) is 6.14. The van der Waals surface area contributed by atoms with Gasteiger partial charge < -0.3 is 19.2 Å². The van der Waals surface area contributed by atoms with Crippen LogP contribution < -0.4 is 5.32 Å². The van der Waals surface area contributed by atoms with E-state index in [0.717, 1.165) is 0 Å². The van der Waals surface area contributed by atoms with Crippen LogP contribution in [0.5, 0.6) is 0 Å². The molecule has 1 N–H and O–H groups in total. The molecule has 1 saturated carbocycles. The first kappa shape index (κ1) is 21.1. The number of carbonyl (C=O) groups excluding carboxylic acids is 3. The first-order chi connectivity index (χ1) is 11.3. The maximum Gasteiger partial charge on any atom is 0.397 e. The lowest BCUT2D eigenvalue weighted by Crippen LogP contribution is -2.40. The number of rotatable bonds is 5. The number of hydrogen-bond donors (Lipinski definition) is 1. The van der Waals surface area contributed by atoms with Crippen molar-refractivity contribution < 1.29 is 28.3 Å². The molecule has 0 spiro atoms. The Hall–Kier alpha value is -1.92. The number of esters is 2. The van der Waals surface area contributed by atoms with Gasteiger partial charge in [-0.2, -0.15) is 5.26 Å². The van der Waals surface area contributed by atoms with Crippen LogP contribution in [0.25, 0.3) is 0 Å². The topological polar surface area (TPSA) is 115 Å². The molecule has 0 radical (unpaired) electrons. The minimum Gasteiger partial charge on any atom is -0.469 e. The molecule has 0 aromatic heterocycles. The molecule has 0 bridgehead atoms. The molecule has 1 aliphatic carbocycles. The van der Waals surface area contributed by atoms with Crippen molar-refractivity contribution in [2.45, 2.75) is 58.2 Å². The second kappa shape index (κ2) is 7.54. The van der Waals surface area contributed by atoms with E-state index < -0.39 is 55.7 Å². The van der Waals surface area contributed by atoms with Crippen molar-refractivity contribution in [1.29, 1.82) is 5.26 Å². The Morgan fingerprint density at radius 3 is 2.16 bits per heavy atom. The summed E-state index contributed by atoms with van der Waals surface area (Å²) in [5.74, 6) is -3.84. The number of methoxy groups -OCH3 is 1. The van der Waals surface area contributed by atoms with Crippen molar-refractivity contribution in [1.82, 2.24) is 5.32 Å². The van der Waals surface area contributed by atoms with Gasteiger partial charge in [0.15, 0.2) is 8.32 Å². The number of amides is 1. The predicted molar refractivity (Wildman–Crippen MR) is 90.6 cm³/mol. The molecule has 0 aromatic rings. The molecule has 0 unspecified atom stereocenters. The standard InChI is InChI=1S/C16H26N2O6Si/c1-16(2,3)23-15(21)13(19)18-12-10(11(12)14(20)22-4)9(8-17)24-25(5,6)7/h9-12H,1-7H3,(H,18,19)/t9-,10-,11-,12-/m1/s1. The molecule has 25 heavy (non-hydrogen) atoms. The maximum atomic E-state index is 12.0. The van der Waals surface area contributed by atoms with E-state index in [9.17, 15) is 19.6 Å². The Kier molecular flexibility index (Phi) is 6.37. The van der Waals surface area contributed by atoms with Crippen molar-refractivity contribution in [2.75, 3.05) is 7.11 Å². The normalized spacial score (nSPS) is 23.8. The lowest BCUT2D eigenvalue weighted by atomic mass is 10.2. The Bertz CT molecular complexity index is 587. The summed E-state index contributed by atoms with van der Waals surface area (Å²) in [5.41, 5.74) is -0.810. The number of carbonyl (C=O) groups is 3. The van der Waals surface area contributed by atoms with Gasteiger partial charge in [-0.15, -0.1) is 0 Å². The molecule has 1 rings (SSSR count). The van der Waals surface area contributed by atoms with Gasteiger partial charge in [0.1, 0.15) is 11.7 Å². The van der Waals surface area contributed by atoms with Crippen LogP contribution in [0.1, 0.15) is 20.8 Å². The summed E-state index contributed by atoms with van der Waals surface area (Å²) < 4.78 is 15.5. The van der Waals surface area contributed by atoms with Crippen molar-refractivity contribution in [2.24, 2.45) is 11.8 Å². The SMILES string of the molecule is COC(=O)[C@H]1[C@H](NC(=O)C(=O)OC(C)(C)C)[C@@H]1[C@@H](C#N)O[Si](C)(C)C. The number of ether oxygens (including phenoxy) is 2. The highest BCUT2D eigenvalue weighted by Gasteiger charge is 2.61. The fourth-order valence-corrected chi connectivity index (χ4v) is 3.42. The Morgan fingerprint density at radius 1 is 1.20 bits per heavy atom. The summed E-state index contributed by atoms with van der Waals surface area (Å²) in [6.07, 6.45) is -0.861. The van der Waals surface area contributed by atoms with E-state index in [2.05, 4.69) is 5.32 Å². The van der Waals surface area contributed by atoms with Gasteiger partial charge in [-0.1, -0.05) is 0 Å². The average Bonchev–Trinajstić information content (AvgIpc) is 3.14. The first-order valence-electron chi connectivity index (χ1n) is 8.00. The van der Waals surface area contributed by atoms with E-state index in [1.165, 1.54) is 7.11 Å². The molecular weight excluding hydrogens is 344 g/mol. The van der Waals surface area contributed by atoms with Gasteiger partial charge in [-0.3, -0.25) is 9.59 Å². The van der Waals surface area contributed by atoms with Crippen molar-refractivity contribution in [3.05, 3.63) is 0 Å². The molecule has 0 aliphatic heterocycles. The third-order valence-electron chi connectivity index (χ3n) is 3.39. The zero-order valence-corrected chi connectivity index (χ0v) is 16.7. The van der Waals surface area contributed by atoms with E-state index in [-0.39, 0.29) is 0 Å². The van der Waals surface area contributed by atoms with Crippen LogP contribution in [0, 0.1) is 23.2 Å². The lowest BCUT2D eigenvalue weighted by Gasteiger charge is -2.22. The summed E-state index contributed by atoms with van der Waals surface area (Å²) in [5, 5.41) is 11.8. The fourth-order valence-electron chi connectivity index (χ4n) is 2.44. The molecule has 4 atom stereocenters. The minimum absolute atomic E-state index is 0.557. The summed E-state index contributed by atoms with van der Waals surface area (Å²) in [6.45, 7) is 10.7. The van der Waals surface area contributed by atoms with Gasteiger partial charge in [0.05, 0.1) is 25.1 Å². The van der Waals surface area contributed by atoms with Gasteiger partial charge in [0.25, 0.3) is 0 Å². The number of nitrogens with one attached hydrogen (secondary N) is 1. The molecule has 8 nitrogen and oxygen atoms in total. The molecule has 140 valence electrons. The molecule has 1 fully saturated rings. The largest absolute Gasteiger partial charge is 0.469 e. The summed E-state index contributed by atoms with van der Waals surface area (Å²) >= 11 is 0. The molecular formula is C16H26N2O6Si. The number of nitrogens with zero attached hydrogens (tertiary/aromatic N) is 1. The zero-order chi connectivity index (χ0) is 19.6. The smallest absolute Gasteiger partial charge is 0.397 e. The van der Waals surface area contributed by atoms with E-state index in [4.69, 9.17) is 13.9 Å². The van der Waals surface area contributed by atoms with Gasteiger partial charge in [0.2, 0.25) is 0 Å². The quantitative estimate of drug-likeness (QED) is 0.436. The second-order valence-electron chi connectivity index (χ2n) is 7.91. The molecule has 0 heterocycles. The monoisotopic (exact) mass is 370 g/mol. The molecule has 0 aromatic carbocycles. The molecule has 1 aliphatic rings. The highest BCUT2D eigenvalue weighted by Crippen LogP contribution is 2.44. The van der Waals surface area contributed by atoms with Crippen molar-refractivity contribution in [3.8, 4) is 6.07 Å². The van der Waals surface area contributed by atoms with Crippen molar-refractivity contribution in [3.63, 3.8) is 0 Å². The Morgan fingerprint density at radius 2 is 1.76 bits per heavy atom. The molecule has 9 heteroatoms. The number of nitriles is 1. The Labute approximate surface area is 148 Å². The van der Waals surface area contributed by atoms with Gasteiger partial charge in [-0.05, 0) is 40.4 Å². The Balaban J connectivity index is 2.85. The van der Waals surface area contributed by atoms with Crippen LogP contribution in [0.2, 0.25) is 19.6 Å². The van der Waals surface area contributed by atoms with E-state index in [1.54, 1.807) is 20.8 Å². The maximum absolute atomic E-state index is 12.0. The van der Waals surface area contributed by atoms with E-state index >= 15 is 0 Å². The summed E-state index contributed by atoms with van der Waals surface area (Å²) in [7, 11) is -0.813. The zero-order valence-electron chi connectivity index (χ0n) is 15.7.